The molecule has 1 aromatic heterocycles. The lowest BCUT2D eigenvalue weighted by atomic mass is 10.2. The van der Waals surface area contributed by atoms with E-state index in [9.17, 15) is 4.79 Å². The Morgan fingerprint density at radius 2 is 2.25 bits per heavy atom. The van der Waals surface area contributed by atoms with Crippen LogP contribution < -0.4 is 5.73 Å². The molecule has 16 heavy (non-hydrogen) atoms. The number of ether oxygens (including phenoxy) is 2. The van der Waals surface area contributed by atoms with Gasteiger partial charge in [-0.25, -0.2) is 4.79 Å². The van der Waals surface area contributed by atoms with Gasteiger partial charge >= 0.3 is 5.97 Å². The lowest BCUT2D eigenvalue weighted by molar-refractivity contribution is -0.0120. The fourth-order valence-electron chi connectivity index (χ4n) is 1.35. The first-order valence-corrected chi connectivity index (χ1v) is 5.47. The molecule has 2 N–H and O–H groups in total. The first-order valence-electron chi connectivity index (χ1n) is 4.66. The Labute approximate surface area is 96.6 Å². The van der Waals surface area contributed by atoms with Crippen LogP contribution in [0, 0.1) is 0 Å². The summed E-state index contributed by atoms with van der Waals surface area (Å²) in [5.74, 6) is -0.373. The van der Waals surface area contributed by atoms with Gasteiger partial charge in [-0.3, -0.25) is 0 Å². The van der Waals surface area contributed by atoms with Crippen molar-refractivity contribution in [2.45, 2.75) is 0 Å². The summed E-state index contributed by atoms with van der Waals surface area (Å²) in [7, 11) is 1.47. The molecule has 2 aromatic rings. The molecule has 0 unspecified atom stereocenters. The van der Waals surface area contributed by atoms with E-state index in [1.54, 1.807) is 6.07 Å². The SMILES string of the molecule is COCOC(=O)c1cc2cc(N)ccc2s1. The topological polar surface area (TPSA) is 61.5 Å². The summed E-state index contributed by atoms with van der Waals surface area (Å²) in [6, 6.07) is 7.30. The van der Waals surface area contributed by atoms with Crippen LogP contribution >= 0.6 is 11.3 Å². The predicted octanol–water partition coefficient (Wildman–Crippen LogP) is 2.24. The summed E-state index contributed by atoms with van der Waals surface area (Å²) in [5.41, 5.74) is 6.34. The van der Waals surface area contributed by atoms with Gasteiger partial charge in [0, 0.05) is 17.5 Å². The van der Waals surface area contributed by atoms with Gasteiger partial charge in [-0.05, 0) is 29.7 Å². The van der Waals surface area contributed by atoms with Gasteiger partial charge in [-0.2, -0.15) is 0 Å². The monoisotopic (exact) mass is 237 g/mol. The van der Waals surface area contributed by atoms with E-state index in [0.29, 0.717) is 10.6 Å². The van der Waals surface area contributed by atoms with Crippen molar-refractivity contribution in [3.8, 4) is 0 Å². The number of nitrogen functional groups attached to an aromatic ring is 1. The summed E-state index contributed by atoms with van der Waals surface area (Å²) in [5, 5.41) is 0.953. The molecular formula is C11H11NO3S. The molecule has 0 aliphatic rings. The Hall–Kier alpha value is -1.59. The van der Waals surface area contributed by atoms with E-state index < -0.39 is 0 Å². The van der Waals surface area contributed by atoms with Crippen molar-refractivity contribution in [3.63, 3.8) is 0 Å². The van der Waals surface area contributed by atoms with Crippen LogP contribution in [0.2, 0.25) is 0 Å². The number of anilines is 1. The van der Waals surface area contributed by atoms with Gasteiger partial charge in [0.2, 0.25) is 0 Å². The maximum absolute atomic E-state index is 11.5. The van der Waals surface area contributed by atoms with Crippen LogP contribution in [0.15, 0.2) is 24.3 Å². The van der Waals surface area contributed by atoms with Crippen molar-refractivity contribution in [2.75, 3.05) is 19.6 Å². The summed E-state index contributed by atoms with van der Waals surface area (Å²) >= 11 is 1.38. The molecule has 5 heteroatoms. The smallest absolute Gasteiger partial charge is 0.350 e. The Bertz CT molecular complexity index is 521. The number of esters is 1. The summed E-state index contributed by atoms with van der Waals surface area (Å²) in [6.07, 6.45) is 0. The number of rotatable bonds is 3. The third-order valence-electron chi connectivity index (χ3n) is 2.05. The molecule has 0 aliphatic carbocycles. The molecule has 1 aromatic carbocycles. The second-order valence-electron chi connectivity index (χ2n) is 3.25. The van der Waals surface area contributed by atoms with Crippen molar-refractivity contribution in [1.82, 2.24) is 0 Å². The quantitative estimate of drug-likeness (QED) is 0.505. The zero-order valence-electron chi connectivity index (χ0n) is 8.73. The number of hydrogen-bond acceptors (Lipinski definition) is 5. The lowest BCUT2D eigenvalue weighted by Gasteiger charge is -1.99. The van der Waals surface area contributed by atoms with Crippen molar-refractivity contribution in [3.05, 3.63) is 29.1 Å². The van der Waals surface area contributed by atoms with E-state index in [4.69, 9.17) is 10.5 Å². The van der Waals surface area contributed by atoms with Crippen LogP contribution in [0.25, 0.3) is 10.1 Å². The van der Waals surface area contributed by atoms with Gasteiger partial charge in [0.25, 0.3) is 0 Å². The number of hydrogen-bond donors (Lipinski definition) is 1. The Morgan fingerprint density at radius 3 is 3.00 bits per heavy atom. The highest BCUT2D eigenvalue weighted by Crippen LogP contribution is 2.27. The second-order valence-corrected chi connectivity index (χ2v) is 4.33. The molecule has 0 fully saturated rings. The fraction of sp³-hybridized carbons (Fsp3) is 0.182. The van der Waals surface area contributed by atoms with E-state index in [1.165, 1.54) is 18.4 Å². The highest BCUT2D eigenvalue weighted by atomic mass is 32.1. The summed E-state index contributed by atoms with van der Waals surface area (Å²) < 4.78 is 10.5. The molecule has 0 saturated carbocycles. The van der Waals surface area contributed by atoms with E-state index in [-0.39, 0.29) is 12.8 Å². The molecule has 4 nitrogen and oxygen atoms in total. The van der Waals surface area contributed by atoms with Crippen LogP contribution in [0.5, 0.6) is 0 Å². The van der Waals surface area contributed by atoms with E-state index in [1.807, 2.05) is 18.2 Å². The lowest BCUT2D eigenvalue weighted by Crippen LogP contribution is -2.05. The average molecular weight is 237 g/mol. The number of benzene rings is 1. The molecule has 84 valence electrons. The summed E-state index contributed by atoms with van der Waals surface area (Å²) in [4.78, 5) is 12.1. The number of methoxy groups -OCH3 is 1. The van der Waals surface area contributed by atoms with Crippen molar-refractivity contribution in [1.29, 1.82) is 0 Å². The molecule has 0 saturated heterocycles. The van der Waals surface area contributed by atoms with Crippen LogP contribution in [-0.2, 0) is 9.47 Å². The van der Waals surface area contributed by atoms with Gasteiger partial charge in [0.15, 0.2) is 6.79 Å². The first-order chi connectivity index (χ1) is 7.70. The van der Waals surface area contributed by atoms with Crippen molar-refractivity contribution in [2.24, 2.45) is 0 Å². The first kappa shape index (κ1) is 10.9. The largest absolute Gasteiger partial charge is 0.434 e. The molecule has 0 amide bonds. The number of carbonyl (C=O) groups excluding carboxylic acids is 1. The second kappa shape index (κ2) is 4.51. The van der Waals surface area contributed by atoms with Crippen LogP contribution in [-0.4, -0.2) is 19.9 Å². The van der Waals surface area contributed by atoms with E-state index in [0.717, 1.165) is 10.1 Å². The molecular weight excluding hydrogens is 226 g/mol. The standard InChI is InChI=1S/C11H11NO3S/c1-14-6-15-11(13)10-5-7-4-8(12)2-3-9(7)16-10/h2-5H,6,12H2,1H3. The fourth-order valence-corrected chi connectivity index (χ4v) is 2.28. The van der Waals surface area contributed by atoms with Crippen LogP contribution in [0.4, 0.5) is 5.69 Å². The van der Waals surface area contributed by atoms with Gasteiger partial charge in [0.05, 0.1) is 0 Å². The average Bonchev–Trinajstić information content (AvgIpc) is 2.68. The molecule has 0 aliphatic heterocycles. The molecule has 0 spiro atoms. The number of carbonyl (C=O) groups is 1. The molecule has 0 atom stereocenters. The normalized spacial score (nSPS) is 10.6. The van der Waals surface area contributed by atoms with Gasteiger partial charge < -0.3 is 15.2 Å². The number of fused-ring (bicyclic) bond motifs is 1. The minimum atomic E-state index is -0.373. The zero-order valence-corrected chi connectivity index (χ0v) is 9.54. The molecule has 0 radical (unpaired) electrons. The minimum Gasteiger partial charge on any atom is -0.434 e. The zero-order chi connectivity index (χ0) is 11.5. The van der Waals surface area contributed by atoms with Crippen molar-refractivity contribution < 1.29 is 14.3 Å². The van der Waals surface area contributed by atoms with E-state index >= 15 is 0 Å². The maximum Gasteiger partial charge on any atom is 0.350 e. The van der Waals surface area contributed by atoms with Gasteiger partial charge in [-0.15, -0.1) is 11.3 Å². The van der Waals surface area contributed by atoms with Gasteiger partial charge in [0.1, 0.15) is 4.88 Å². The third kappa shape index (κ3) is 2.15. The number of nitrogens with two attached hydrogens (primary N) is 1. The summed E-state index contributed by atoms with van der Waals surface area (Å²) in [6.45, 7) is -0.0325. The van der Waals surface area contributed by atoms with E-state index in [2.05, 4.69) is 4.74 Å². The van der Waals surface area contributed by atoms with Crippen LogP contribution in [0.1, 0.15) is 9.67 Å². The third-order valence-corrected chi connectivity index (χ3v) is 3.15. The Morgan fingerprint density at radius 1 is 1.44 bits per heavy atom. The molecule has 0 bridgehead atoms. The predicted molar refractivity (Wildman–Crippen MR) is 63.5 cm³/mol. The Balaban J connectivity index is 2.28. The highest BCUT2D eigenvalue weighted by molar-refractivity contribution is 7.20. The number of thiophene rings is 1. The maximum atomic E-state index is 11.5. The minimum absolute atomic E-state index is 0.0325. The molecule has 1 heterocycles. The van der Waals surface area contributed by atoms with Crippen molar-refractivity contribution >= 4 is 33.1 Å². The van der Waals surface area contributed by atoms with Gasteiger partial charge in [-0.1, -0.05) is 0 Å². The highest BCUT2D eigenvalue weighted by Gasteiger charge is 2.11. The Kier molecular flexibility index (Phi) is 3.07. The molecule has 2 rings (SSSR count). The van der Waals surface area contributed by atoms with Crippen LogP contribution in [0.3, 0.4) is 0 Å².